The summed E-state index contributed by atoms with van der Waals surface area (Å²) in [5, 5.41) is 0. The summed E-state index contributed by atoms with van der Waals surface area (Å²) in [4.78, 5) is 29.7. The van der Waals surface area contributed by atoms with Crippen LogP contribution in [0.3, 0.4) is 0 Å². The van der Waals surface area contributed by atoms with E-state index in [0.29, 0.717) is 13.2 Å². The van der Waals surface area contributed by atoms with E-state index in [1.807, 2.05) is 18.0 Å². The van der Waals surface area contributed by atoms with Gasteiger partial charge in [-0.05, 0) is 31.4 Å². The Balaban J connectivity index is 1.48. The lowest BCUT2D eigenvalue weighted by molar-refractivity contribution is -0.133. The van der Waals surface area contributed by atoms with Crippen molar-refractivity contribution in [3.8, 4) is 0 Å². The maximum Gasteiger partial charge on any atom is 0.410 e. The van der Waals surface area contributed by atoms with E-state index in [0.717, 1.165) is 38.9 Å². The van der Waals surface area contributed by atoms with Gasteiger partial charge in [0.25, 0.3) is 0 Å². The summed E-state index contributed by atoms with van der Waals surface area (Å²) in [5.41, 5.74) is 1.35. The summed E-state index contributed by atoms with van der Waals surface area (Å²) < 4.78 is 4.89. The van der Waals surface area contributed by atoms with Crippen molar-refractivity contribution in [2.75, 3.05) is 46.4 Å². The summed E-state index contributed by atoms with van der Waals surface area (Å²) in [6.07, 6.45) is 2.78. The number of piperidine rings is 1. The van der Waals surface area contributed by atoms with Gasteiger partial charge in [-0.2, -0.15) is 0 Å². The average Bonchev–Trinajstić information content (AvgIpc) is 3.05. The van der Waals surface area contributed by atoms with Gasteiger partial charge in [0, 0.05) is 26.2 Å². The molecular weight excluding hydrogens is 318 g/mol. The predicted molar refractivity (Wildman–Crippen MR) is 95.3 cm³/mol. The molecule has 2 saturated heterocycles. The van der Waals surface area contributed by atoms with Gasteiger partial charge in [-0.1, -0.05) is 30.3 Å². The van der Waals surface area contributed by atoms with Gasteiger partial charge in [-0.25, -0.2) is 4.79 Å². The minimum atomic E-state index is -0.380. The van der Waals surface area contributed by atoms with E-state index in [9.17, 15) is 9.59 Å². The zero-order chi connectivity index (χ0) is 17.6. The maximum absolute atomic E-state index is 12.5. The maximum atomic E-state index is 12.5. The van der Waals surface area contributed by atoms with Crippen molar-refractivity contribution in [2.45, 2.75) is 25.3 Å². The van der Waals surface area contributed by atoms with Crippen LogP contribution in [0, 0.1) is 0 Å². The van der Waals surface area contributed by atoms with Crippen LogP contribution in [0.2, 0.25) is 0 Å². The molecule has 3 rings (SSSR count). The van der Waals surface area contributed by atoms with Crippen molar-refractivity contribution >= 4 is 12.0 Å². The van der Waals surface area contributed by atoms with Gasteiger partial charge in [0.1, 0.15) is 13.2 Å². The van der Waals surface area contributed by atoms with Gasteiger partial charge in [0.15, 0.2) is 0 Å². The first kappa shape index (κ1) is 17.7. The molecule has 1 atom stereocenters. The van der Waals surface area contributed by atoms with Crippen LogP contribution in [0.15, 0.2) is 30.3 Å². The largest absolute Gasteiger partial charge is 0.448 e. The second kappa shape index (κ2) is 8.34. The molecule has 0 saturated carbocycles. The molecule has 0 radical (unpaired) electrons. The molecule has 0 bridgehead atoms. The summed E-state index contributed by atoms with van der Waals surface area (Å²) in [7, 11) is 1.86. The third kappa shape index (κ3) is 4.72. The van der Waals surface area contributed by atoms with Crippen LogP contribution in [0.1, 0.15) is 18.4 Å². The zero-order valence-corrected chi connectivity index (χ0v) is 14.9. The minimum Gasteiger partial charge on any atom is -0.448 e. The number of ether oxygens (including phenoxy) is 1. The molecule has 0 aliphatic carbocycles. The highest BCUT2D eigenvalue weighted by molar-refractivity contribution is 5.83. The number of amides is 2. The highest BCUT2D eigenvalue weighted by Gasteiger charge is 2.29. The van der Waals surface area contributed by atoms with Crippen LogP contribution in [0.5, 0.6) is 0 Å². The molecule has 1 aromatic carbocycles. The third-order valence-electron chi connectivity index (χ3n) is 5.15. The standard InChI is InChI=1S/C19H27N3O3/c1-20(18(23)15-22-12-13-25-19(22)24)17-8-5-10-21(14-17)11-9-16-6-3-2-4-7-16/h2-4,6-7,17H,5,8-15H2,1H3. The fourth-order valence-electron chi connectivity index (χ4n) is 3.53. The van der Waals surface area contributed by atoms with E-state index >= 15 is 0 Å². The zero-order valence-electron chi connectivity index (χ0n) is 14.9. The van der Waals surface area contributed by atoms with E-state index in [2.05, 4.69) is 29.2 Å². The van der Waals surface area contributed by atoms with Crippen LogP contribution < -0.4 is 0 Å². The molecule has 136 valence electrons. The first-order valence-corrected chi connectivity index (χ1v) is 9.07. The Morgan fingerprint density at radius 2 is 2.08 bits per heavy atom. The second-order valence-electron chi connectivity index (χ2n) is 6.87. The molecule has 0 spiro atoms. The van der Waals surface area contributed by atoms with Gasteiger partial charge >= 0.3 is 6.09 Å². The van der Waals surface area contributed by atoms with E-state index in [4.69, 9.17) is 4.74 Å². The number of nitrogens with zero attached hydrogens (tertiary/aromatic N) is 3. The normalized spacial score (nSPS) is 21.2. The minimum absolute atomic E-state index is 0.00578. The number of benzene rings is 1. The van der Waals surface area contributed by atoms with Crippen molar-refractivity contribution in [2.24, 2.45) is 0 Å². The summed E-state index contributed by atoms with van der Waals surface area (Å²) in [6, 6.07) is 10.7. The fraction of sp³-hybridized carbons (Fsp3) is 0.579. The monoisotopic (exact) mass is 345 g/mol. The van der Waals surface area contributed by atoms with E-state index < -0.39 is 0 Å². The topological polar surface area (TPSA) is 53.1 Å². The van der Waals surface area contributed by atoms with Crippen LogP contribution in [-0.4, -0.2) is 79.1 Å². The van der Waals surface area contributed by atoms with Gasteiger partial charge in [-0.15, -0.1) is 0 Å². The first-order chi connectivity index (χ1) is 12.1. The highest BCUT2D eigenvalue weighted by atomic mass is 16.6. The van der Waals surface area contributed by atoms with Crippen molar-refractivity contribution in [3.05, 3.63) is 35.9 Å². The molecule has 2 aliphatic heterocycles. The number of likely N-dealkylation sites (N-methyl/N-ethyl adjacent to an activating group) is 1. The van der Waals surface area contributed by atoms with E-state index in [1.165, 1.54) is 10.5 Å². The number of cyclic esters (lactones) is 1. The Hall–Kier alpha value is -2.08. The van der Waals surface area contributed by atoms with Gasteiger partial charge in [0.05, 0.1) is 6.54 Å². The summed E-state index contributed by atoms with van der Waals surface area (Å²) in [5.74, 6) is -0.00578. The Labute approximate surface area is 149 Å². The lowest BCUT2D eigenvalue weighted by atomic mass is 10.0. The molecule has 25 heavy (non-hydrogen) atoms. The molecule has 0 aromatic heterocycles. The van der Waals surface area contributed by atoms with Gasteiger partial charge in [0.2, 0.25) is 5.91 Å². The van der Waals surface area contributed by atoms with Gasteiger partial charge < -0.3 is 14.5 Å². The summed E-state index contributed by atoms with van der Waals surface area (Å²) in [6.45, 7) is 4.01. The van der Waals surface area contributed by atoms with Crippen LogP contribution in [0.4, 0.5) is 4.79 Å². The number of carbonyl (C=O) groups excluding carboxylic acids is 2. The number of likely N-dealkylation sites (tertiary alicyclic amines) is 1. The molecule has 1 unspecified atom stereocenters. The Morgan fingerprint density at radius 1 is 1.28 bits per heavy atom. The van der Waals surface area contributed by atoms with Crippen LogP contribution in [-0.2, 0) is 16.0 Å². The quantitative estimate of drug-likeness (QED) is 0.786. The Kier molecular flexibility index (Phi) is 5.91. The first-order valence-electron chi connectivity index (χ1n) is 9.07. The lowest BCUT2D eigenvalue weighted by Crippen LogP contribution is -2.51. The van der Waals surface area contributed by atoms with Crippen LogP contribution >= 0.6 is 0 Å². The SMILES string of the molecule is CN(C(=O)CN1CCOC1=O)C1CCCN(CCc2ccccc2)C1. The molecule has 1 aromatic rings. The molecule has 6 heteroatoms. The third-order valence-corrected chi connectivity index (χ3v) is 5.15. The van der Waals surface area contributed by atoms with Crippen molar-refractivity contribution in [1.82, 2.24) is 14.7 Å². The highest BCUT2D eigenvalue weighted by Crippen LogP contribution is 2.16. The number of hydrogen-bond acceptors (Lipinski definition) is 4. The van der Waals surface area contributed by atoms with E-state index in [-0.39, 0.29) is 24.6 Å². The van der Waals surface area contributed by atoms with Crippen molar-refractivity contribution < 1.29 is 14.3 Å². The fourth-order valence-corrected chi connectivity index (χ4v) is 3.53. The molecule has 0 N–H and O–H groups in total. The molecular formula is C19H27N3O3. The molecule has 6 nitrogen and oxygen atoms in total. The molecule has 2 aliphatic rings. The predicted octanol–water partition coefficient (Wildman–Crippen LogP) is 1.60. The lowest BCUT2D eigenvalue weighted by Gasteiger charge is -2.38. The molecule has 2 heterocycles. The van der Waals surface area contributed by atoms with Gasteiger partial charge in [-0.3, -0.25) is 9.69 Å². The number of hydrogen-bond donors (Lipinski definition) is 0. The van der Waals surface area contributed by atoms with Crippen LogP contribution in [0.25, 0.3) is 0 Å². The molecule has 2 amide bonds. The number of rotatable bonds is 6. The molecule has 2 fully saturated rings. The van der Waals surface area contributed by atoms with Crippen molar-refractivity contribution in [1.29, 1.82) is 0 Å². The Bertz CT molecular complexity index is 593. The van der Waals surface area contributed by atoms with Crippen molar-refractivity contribution in [3.63, 3.8) is 0 Å². The average molecular weight is 345 g/mol. The van der Waals surface area contributed by atoms with E-state index in [1.54, 1.807) is 0 Å². The summed E-state index contributed by atoms with van der Waals surface area (Å²) >= 11 is 0. The smallest absolute Gasteiger partial charge is 0.410 e. The second-order valence-corrected chi connectivity index (χ2v) is 6.87. The Morgan fingerprint density at radius 3 is 2.80 bits per heavy atom. The number of carbonyl (C=O) groups is 2.